The molecule has 1 aliphatic carbocycles. The summed E-state index contributed by atoms with van der Waals surface area (Å²) in [7, 11) is 0. The van der Waals surface area contributed by atoms with E-state index in [4.69, 9.17) is 25.8 Å². The molecule has 2 aromatic carbocycles. The van der Waals surface area contributed by atoms with Gasteiger partial charge in [0.25, 0.3) is 0 Å². The van der Waals surface area contributed by atoms with Crippen LogP contribution in [0.15, 0.2) is 42.5 Å². The summed E-state index contributed by atoms with van der Waals surface area (Å²) in [6.45, 7) is 0.465. The summed E-state index contributed by atoms with van der Waals surface area (Å²) in [5.41, 5.74) is 1.42. The van der Waals surface area contributed by atoms with Crippen LogP contribution < -0.4 is 4.74 Å². The topological polar surface area (TPSA) is 129 Å². The summed E-state index contributed by atoms with van der Waals surface area (Å²) >= 11 is 6.34. The fraction of sp³-hybridized carbons (Fsp3) is 0.500. The fourth-order valence-electron chi connectivity index (χ4n) is 3.86. The van der Waals surface area contributed by atoms with Gasteiger partial charge in [0.05, 0.1) is 19.3 Å². The van der Waals surface area contributed by atoms with Crippen molar-refractivity contribution in [2.75, 3.05) is 19.8 Å². The summed E-state index contributed by atoms with van der Waals surface area (Å²) in [5.74, 6) is 0.659. The molecule has 0 aromatic heterocycles. The Kier molecular flexibility index (Phi) is 7.88. The van der Waals surface area contributed by atoms with Gasteiger partial charge in [-0.3, -0.25) is 0 Å². The van der Waals surface area contributed by atoms with Crippen LogP contribution in [0.4, 0.5) is 0 Å². The molecule has 33 heavy (non-hydrogen) atoms. The van der Waals surface area contributed by atoms with Crippen LogP contribution in [0.3, 0.4) is 0 Å². The van der Waals surface area contributed by atoms with E-state index in [1.165, 1.54) is 0 Å². The van der Waals surface area contributed by atoms with Gasteiger partial charge in [-0.15, -0.1) is 0 Å². The maximum atomic E-state index is 10.9. The van der Waals surface area contributed by atoms with Crippen LogP contribution in [-0.4, -0.2) is 75.9 Å². The van der Waals surface area contributed by atoms with Crippen LogP contribution in [0.2, 0.25) is 5.02 Å². The van der Waals surface area contributed by atoms with Crippen molar-refractivity contribution in [1.29, 1.82) is 0 Å². The van der Waals surface area contributed by atoms with Crippen LogP contribution in [0.5, 0.6) is 5.75 Å². The Morgan fingerprint density at radius 3 is 2.36 bits per heavy atom. The first-order chi connectivity index (χ1) is 15.9. The normalized spacial score (nSPS) is 28.5. The van der Waals surface area contributed by atoms with Gasteiger partial charge in [0.1, 0.15) is 49.0 Å². The van der Waals surface area contributed by atoms with Gasteiger partial charge in [0, 0.05) is 10.6 Å². The van der Waals surface area contributed by atoms with E-state index in [1.54, 1.807) is 42.5 Å². The van der Waals surface area contributed by atoms with Crippen molar-refractivity contribution in [3.05, 3.63) is 64.2 Å². The Morgan fingerprint density at radius 1 is 0.970 bits per heavy atom. The van der Waals surface area contributed by atoms with Crippen LogP contribution in [0.1, 0.15) is 41.7 Å². The van der Waals surface area contributed by atoms with Crippen LogP contribution >= 0.6 is 11.6 Å². The Balaban J connectivity index is 1.46. The molecule has 0 spiro atoms. The minimum Gasteiger partial charge on any atom is -0.491 e. The van der Waals surface area contributed by atoms with Crippen molar-refractivity contribution < 1.29 is 39.7 Å². The van der Waals surface area contributed by atoms with Crippen molar-refractivity contribution in [1.82, 2.24) is 0 Å². The molecule has 6 atom stereocenters. The van der Waals surface area contributed by atoms with Crippen LogP contribution in [0.25, 0.3) is 0 Å². The van der Waals surface area contributed by atoms with E-state index in [0.717, 1.165) is 12.8 Å². The molecule has 1 saturated heterocycles. The molecule has 1 saturated carbocycles. The maximum Gasteiger partial charge on any atom is 0.119 e. The quantitative estimate of drug-likeness (QED) is 0.341. The number of benzene rings is 2. The summed E-state index contributed by atoms with van der Waals surface area (Å²) < 4.78 is 16.8. The van der Waals surface area contributed by atoms with E-state index in [1.807, 2.05) is 0 Å². The summed E-state index contributed by atoms with van der Waals surface area (Å²) in [6, 6.07) is 11.7. The largest absolute Gasteiger partial charge is 0.491 e. The highest BCUT2D eigenvalue weighted by atomic mass is 35.5. The molecule has 0 radical (unpaired) electrons. The van der Waals surface area contributed by atoms with Crippen molar-refractivity contribution in [3.8, 4) is 5.75 Å². The van der Waals surface area contributed by atoms with Crippen molar-refractivity contribution in [2.24, 2.45) is 0 Å². The van der Waals surface area contributed by atoms with E-state index in [-0.39, 0.29) is 0 Å². The van der Waals surface area contributed by atoms with Gasteiger partial charge in [-0.05, 0) is 48.2 Å². The number of aliphatic hydroxyl groups is 5. The first-order valence-electron chi connectivity index (χ1n) is 11.0. The Bertz CT molecular complexity index is 917. The zero-order valence-electron chi connectivity index (χ0n) is 18.0. The minimum absolute atomic E-state index is 0.313. The first kappa shape index (κ1) is 24.4. The predicted molar refractivity (Wildman–Crippen MR) is 119 cm³/mol. The van der Waals surface area contributed by atoms with Crippen LogP contribution in [0, 0.1) is 0 Å². The Labute approximate surface area is 196 Å². The number of ether oxygens (including phenoxy) is 3. The SMILES string of the molecule is OC[C@H]1O[C@@H](c2ccc(Cl)c(C(O)c3ccc(OCCOC4CC4)cc3)c2)[C@H](O)[C@@H](O)[C@@H]1O. The van der Waals surface area contributed by atoms with E-state index < -0.39 is 43.2 Å². The summed E-state index contributed by atoms with van der Waals surface area (Å²) in [5, 5.41) is 51.2. The molecular formula is C24H29ClO8. The van der Waals surface area contributed by atoms with Crippen LogP contribution in [-0.2, 0) is 9.47 Å². The standard InChI is InChI=1S/C24H29ClO8/c25-18-8-3-14(24-23(30)22(29)21(28)19(12-26)33-24)11-17(18)20(27)13-1-4-15(5-2-13)31-9-10-32-16-6-7-16/h1-5,8,11,16,19-24,26-30H,6-7,9-10,12H2/t19-,20?,21-,22+,23-,24+/m1/s1. The first-order valence-corrected chi connectivity index (χ1v) is 11.4. The average Bonchev–Trinajstić information content (AvgIpc) is 3.66. The third-order valence-corrected chi connectivity index (χ3v) is 6.31. The molecular weight excluding hydrogens is 452 g/mol. The lowest BCUT2D eigenvalue weighted by molar-refractivity contribution is -0.231. The second kappa shape index (κ2) is 10.7. The molecule has 1 aliphatic heterocycles. The second-order valence-electron chi connectivity index (χ2n) is 8.42. The molecule has 9 heteroatoms. The molecule has 4 rings (SSSR count). The van der Waals surface area contributed by atoms with Gasteiger partial charge in [0.2, 0.25) is 0 Å². The molecule has 1 heterocycles. The molecule has 2 aromatic rings. The number of hydrogen-bond acceptors (Lipinski definition) is 8. The number of hydrogen-bond donors (Lipinski definition) is 5. The smallest absolute Gasteiger partial charge is 0.119 e. The highest BCUT2D eigenvalue weighted by Crippen LogP contribution is 2.36. The molecule has 0 bridgehead atoms. The Morgan fingerprint density at radius 2 is 1.70 bits per heavy atom. The number of rotatable bonds is 9. The average molecular weight is 481 g/mol. The maximum absolute atomic E-state index is 10.9. The van der Waals surface area contributed by atoms with E-state index in [9.17, 15) is 25.5 Å². The third kappa shape index (κ3) is 5.67. The highest BCUT2D eigenvalue weighted by molar-refractivity contribution is 6.31. The second-order valence-corrected chi connectivity index (χ2v) is 8.83. The van der Waals surface area contributed by atoms with Crippen molar-refractivity contribution in [3.63, 3.8) is 0 Å². The molecule has 2 fully saturated rings. The minimum atomic E-state index is -1.49. The lowest BCUT2D eigenvalue weighted by Gasteiger charge is -2.40. The van der Waals surface area contributed by atoms with Gasteiger partial charge in [-0.2, -0.15) is 0 Å². The van der Waals surface area contributed by atoms with Crippen molar-refractivity contribution >= 4 is 11.6 Å². The van der Waals surface area contributed by atoms with E-state index >= 15 is 0 Å². The summed E-state index contributed by atoms with van der Waals surface area (Å²) in [4.78, 5) is 0. The fourth-order valence-corrected chi connectivity index (χ4v) is 4.08. The van der Waals surface area contributed by atoms with E-state index in [2.05, 4.69) is 0 Å². The molecule has 8 nitrogen and oxygen atoms in total. The molecule has 0 amide bonds. The lowest BCUT2D eigenvalue weighted by Crippen LogP contribution is -2.55. The van der Waals surface area contributed by atoms with Gasteiger partial charge in [-0.25, -0.2) is 0 Å². The predicted octanol–water partition coefficient (Wildman–Crippen LogP) is 1.49. The molecule has 2 aliphatic rings. The highest BCUT2D eigenvalue weighted by Gasteiger charge is 2.44. The van der Waals surface area contributed by atoms with E-state index in [0.29, 0.717) is 46.8 Å². The summed E-state index contributed by atoms with van der Waals surface area (Å²) in [6.07, 6.45) is -4.85. The lowest BCUT2D eigenvalue weighted by atomic mass is 9.89. The number of aliphatic hydroxyl groups excluding tert-OH is 5. The zero-order valence-corrected chi connectivity index (χ0v) is 18.7. The molecule has 1 unspecified atom stereocenters. The zero-order chi connectivity index (χ0) is 23.5. The van der Waals surface area contributed by atoms with Gasteiger partial charge < -0.3 is 39.7 Å². The van der Waals surface area contributed by atoms with Gasteiger partial charge >= 0.3 is 0 Å². The van der Waals surface area contributed by atoms with Crippen molar-refractivity contribution in [2.45, 2.75) is 55.6 Å². The number of halogens is 1. The van der Waals surface area contributed by atoms with Gasteiger partial charge in [-0.1, -0.05) is 29.8 Å². The Hall–Kier alpha value is -1.75. The van der Waals surface area contributed by atoms with Gasteiger partial charge in [0.15, 0.2) is 0 Å². The monoisotopic (exact) mass is 480 g/mol. The third-order valence-electron chi connectivity index (χ3n) is 5.96. The molecule has 180 valence electrons. The molecule has 5 N–H and O–H groups in total.